The summed E-state index contributed by atoms with van der Waals surface area (Å²) < 4.78 is 2.02. The van der Waals surface area contributed by atoms with Gasteiger partial charge in [0.15, 0.2) is 0 Å². The van der Waals surface area contributed by atoms with Gasteiger partial charge in [-0.05, 0) is 24.4 Å². The fraction of sp³-hybridized carbons (Fsp3) is 0.800. The molecule has 0 saturated carbocycles. The van der Waals surface area contributed by atoms with E-state index in [1.165, 1.54) is 0 Å². The van der Waals surface area contributed by atoms with Gasteiger partial charge < -0.3 is 0 Å². The van der Waals surface area contributed by atoms with Crippen molar-refractivity contribution >= 4 is 11.6 Å². The number of rotatable bonds is 3. The van der Waals surface area contributed by atoms with E-state index in [4.69, 9.17) is 11.6 Å². The molecule has 3 nitrogen and oxygen atoms in total. The lowest BCUT2D eigenvalue weighted by Gasteiger charge is -2.20. The van der Waals surface area contributed by atoms with Gasteiger partial charge in [0.2, 0.25) is 5.28 Å². The van der Waals surface area contributed by atoms with Crippen LogP contribution in [0.25, 0.3) is 0 Å². The van der Waals surface area contributed by atoms with Crippen molar-refractivity contribution in [1.29, 1.82) is 0 Å². The summed E-state index contributed by atoms with van der Waals surface area (Å²) in [5.74, 6) is 1.86. The maximum atomic E-state index is 6.02. The highest BCUT2D eigenvalue weighted by Gasteiger charge is 2.20. The monoisotopic (exact) mass is 215 g/mol. The second-order valence-corrected chi connectivity index (χ2v) is 4.67. The molecule has 0 N–H and O–H groups in total. The minimum absolute atomic E-state index is 0.342. The molecule has 0 radical (unpaired) electrons. The maximum absolute atomic E-state index is 6.02. The molecule has 0 aliphatic rings. The lowest BCUT2D eigenvalue weighted by molar-refractivity contribution is 0.392. The van der Waals surface area contributed by atoms with E-state index in [0.29, 0.717) is 23.2 Å². The van der Waals surface area contributed by atoms with E-state index in [2.05, 4.69) is 44.8 Å². The van der Waals surface area contributed by atoms with E-state index >= 15 is 0 Å². The smallest absolute Gasteiger partial charge is 0.225 e. The number of aromatic nitrogens is 3. The molecule has 80 valence electrons. The van der Waals surface area contributed by atoms with E-state index in [0.717, 1.165) is 5.82 Å². The molecule has 0 aliphatic carbocycles. The van der Waals surface area contributed by atoms with Crippen molar-refractivity contribution in [2.75, 3.05) is 0 Å². The molecule has 1 rings (SSSR count). The first-order valence-electron chi connectivity index (χ1n) is 5.05. The van der Waals surface area contributed by atoms with Crippen molar-refractivity contribution in [2.45, 2.75) is 46.6 Å². The van der Waals surface area contributed by atoms with Crippen LogP contribution < -0.4 is 0 Å². The first kappa shape index (κ1) is 11.5. The zero-order valence-electron chi connectivity index (χ0n) is 9.45. The highest BCUT2D eigenvalue weighted by atomic mass is 35.5. The molecular weight excluding hydrogens is 198 g/mol. The number of nitrogens with zero attached hydrogens (tertiary/aromatic N) is 3. The van der Waals surface area contributed by atoms with Crippen molar-refractivity contribution < 1.29 is 0 Å². The Kier molecular flexibility index (Phi) is 3.53. The van der Waals surface area contributed by atoms with Crippen LogP contribution >= 0.6 is 11.6 Å². The molecule has 0 saturated heterocycles. The van der Waals surface area contributed by atoms with Crippen LogP contribution in [-0.4, -0.2) is 14.8 Å². The first-order chi connectivity index (χ1) is 6.45. The SMILES string of the molecule is CC(C)c1nnc(Cl)n1C(C)C(C)C. The molecule has 0 fully saturated rings. The molecule has 1 atom stereocenters. The van der Waals surface area contributed by atoms with Crippen LogP contribution in [0, 0.1) is 5.92 Å². The fourth-order valence-electron chi connectivity index (χ4n) is 1.35. The Balaban J connectivity index is 3.10. The summed E-state index contributed by atoms with van der Waals surface area (Å²) in [5.41, 5.74) is 0. The Bertz CT molecular complexity index is 304. The van der Waals surface area contributed by atoms with Crippen LogP contribution in [0.15, 0.2) is 0 Å². The van der Waals surface area contributed by atoms with Gasteiger partial charge in [-0.1, -0.05) is 27.7 Å². The van der Waals surface area contributed by atoms with Crippen LogP contribution in [0.4, 0.5) is 0 Å². The minimum Gasteiger partial charge on any atom is -0.298 e. The lowest BCUT2D eigenvalue weighted by atomic mass is 10.1. The van der Waals surface area contributed by atoms with Gasteiger partial charge in [-0.25, -0.2) is 0 Å². The third-order valence-electron chi connectivity index (χ3n) is 2.57. The van der Waals surface area contributed by atoms with Crippen LogP contribution in [0.5, 0.6) is 0 Å². The van der Waals surface area contributed by atoms with E-state index in [-0.39, 0.29) is 0 Å². The van der Waals surface area contributed by atoms with Gasteiger partial charge in [-0.2, -0.15) is 0 Å². The second-order valence-electron chi connectivity index (χ2n) is 4.34. The zero-order valence-corrected chi connectivity index (χ0v) is 10.2. The van der Waals surface area contributed by atoms with E-state index in [9.17, 15) is 0 Å². The maximum Gasteiger partial charge on any atom is 0.225 e. The molecule has 0 bridgehead atoms. The third-order valence-corrected chi connectivity index (χ3v) is 2.83. The molecule has 0 aliphatic heterocycles. The normalized spacial score (nSPS) is 14.0. The van der Waals surface area contributed by atoms with Crippen molar-refractivity contribution in [1.82, 2.24) is 14.8 Å². The van der Waals surface area contributed by atoms with Crippen LogP contribution in [-0.2, 0) is 0 Å². The zero-order chi connectivity index (χ0) is 10.9. The average Bonchev–Trinajstić information content (AvgIpc) is 2.45. The summed E-state index contributed by atoms with van der Waals surface area (Å²) in [7, 11) is 0. The van der Waals surface area contributed by atoms with E-state index < -0.39 is 0 Å². The Morgan fingerprint density at radius 3 is 2.07 bits per heavy atom. The second kappa shape index (κ2) is 4.30. The highest BCUT2D eigenvalue weighted by Crippen LogP contribution is 2.26. The predicted octanol–water partition coefficient (Wildman–Crippen LogP) is 3.27. The Labute approximate surface area is 90.5 Å². The van der Waals surface area contributed by atoms with Crippen molar-refractivity contribution in [3.05, 3.63) is 11.1 Å². The quantitative estimate of drug-likeness (QED) is 0.775. The summed E-state index contributed by atoms with van der Waals surface area (Å²) in [6.07, 6.45) is 0. The summed E-state index contributed by atoms with van der Waals surface area (Å²) in [5, 5.41) is 8.51. The van der Waals surface area contributed by atoms with Gasteiger partial charge in [0.05, 0.1) is 0 Å². The largest absolute Gasteiger partial charge is 0.298 e. The molecule has 14 heavy (non-hydrogen) atoms. The molecule has 1 aromatic heterocycles. The minimum atomic E-state index is 0.342. The fourth-order valence-corrected chi connectivity index (χ4v) is 1.63. The Morgan fingerprint density at radius 2 is 1.64 bits per heavy atom. The van der Waals surface area contributed by atoms with E-state index in [1.54, 1.807) is 0 Å². The Morgan fingerprint density at radius 1 is 1.07 bits per heavy atom. The Hall–Kier alpha value is -0.570. The van der Waals surface area contributed by atoms with Gasteiger partial charge >= 0.3 is 0 Å². The standard InChI is InChI=1S/C10H18ClN3/c1-6(2)8(5)14-9(7(3)4)12-13-10(14)11/h6-8H,1-5H3. The van der Waals surface area contributed by atoms with Crippen molar-refractivity contribution in [3.8, 4) is 0 Å². The predicted molar refractivity (Wildman–Crippen MR) is 58.7 cm³/mol. The molecular formula is C10H18ClN3. The summed E-state index contributed by atoms with van der Waals surface area (Å²) in [6.45, 7) is 10.7. The number of hydrogen-bond donors (Lipinski definition) is 0. The molecule has 0 aromatic carbocycles. The number of halogens is 1. The first-order valence-corrected chi connectivity index (χ1v) is 5.43. The lowest BCUT2D eigenvalue weighted by Crippen LogP contribution is -2.15. The van der Waals surface area contributed by atoms with E-state index in [1.807, 2.05) is 4.57 Å². The molecule has 1 aromatic rings. The van der Waals surface area contributed by atoms with Crippen LogP contribution in [0.2, 0.25) is 5.28 Å². The van der Waals surface area contributed by atoms with Crippen molar-refractivity contribution in [3.63, 3.8) is 0 Å². The number of hydrogen-bond acceptors (Lipinski definition) is 2. The molecule has 0 amide bonds. The van der Waals surface area contributed by atoms with Gasteiger partial charge in [0, 0.05) is 12.0 Å². The molecule has 1 heterocycles. The topological polar surface area (TPSA) is 30.7 Å². The van der Waals surface area contributed by atoms with Gasteiger partial charge in [0.25, 0.3) is 0 Å². The van der Waals surface area contributed by atoms with Gasteiger partial charge in [0.1, 0.15) is 5.82 Å². The summed E-state index contributed by atoms with van der Waals surface area (Å²) in [6, 6.07) is 0.342. The van der Waals surface area contributed by atoms with Crippen molar-refractivity contribution in [2.24, 2.45) is 5.92 Å². The summed E-state index contributed by atoms with van der Waals surface area (Å²) in [4.78, 5) is 0. The summed E-state index contributed by atoms with van der Waals surface area (Å²) >= 11 is 6.02. The van der Waals surface area contributed by atoms with Gasteiger partial charge in [-0.15, -0.1) is 10.2 Å². The van der Waals surface area contributed by atoms with Crippen LogP contribution in [0.3, 0.4) is 0 Å². The van der Waals surface area contributed by atoms with Gasteiger partial charge in [-0.3, -0.25) is 4.57 Å². The van der Waals surface area contributed by atoms with Crippen LogP contribution in [0.1, 0.15) is 52.4 Å². The highest BCUT2D eigenvalue weighted by molar-refractivity contribution is 6.28. The molecule has 0 spiro atoms. The third kappa shape index (κ3) is 2.08. The molecule has 1 unspecified atom stereocenters. The average molecular weight is 216 g/mol. The molecule has 4 heteroatoms.